The van der Waals surface area contributed by atoms with Gasteiger partial charge in [0.25, 0.3) is 0 Å². The van der Waals surface area contributed by atoms with Crippen molar-refractivity contribution in [3.8, 4) is 17.2 Å². The molecular weight excluding hydrogens is 987 g/mol. The molecule has 16 heteroatoms. The van der Waals surface area contributed by atoms with E-state index in [4.69, 9.17) is 23.7 Å². The van der Waals surface area contributed by atoms with Crippen LogP contribution in [0.3, 0.4) is 0 Å². The van der Waals surface area contributed by atoms with Crippen molar-refractivity contribution in [2.24, 2.45) is 52.3 Å². The van der Waals surface area contributed by atoms with Crippen LogP contribution in [0.5, 0.6) is 17.2 Å². The SMILES string of the molecule is CC(C)CCCC(C)C1CCC2C3CC=C4CC(OC(=O)CCC(=O)NC(C)(O)COC(C)(C)CCNC(=O)CCCC[C@@H]5SC[C@H]6[C@@H]5CC(=O)N6C(=O)OC(C)c5cc6c(cc5O)OCO6)CC[C@]4(C)C3CC[C@]12C. The Kier molecular flexibility index (Phi) is 18.5. The van der Waals surface area contributed by atoms with Gasteiger partial charge in [0.15, 0.2) is 17.2 Å². The maximum Gasteiger partial charge on any atom is 0.417 e. The molecule has 0 aromatic heterocycles. The van der Waals surface area contributed by atoms with Gasteiger partial charge in [-0.2, -0.15) is 11.8 Å². The summed E-state index contributed by atoms with van der Waals surface area (Å²) in [7, 11) is 0. The van der Waals surface area contributed by atoms with E-state index in [1.807, 2.05) is 13.8 Å². The number of likely N-dealkylation sites (tertiary alicyclic amines) is 1. The first-order valence-electron chi connectivity index (χ1n) is 29.1. The van der Waals surface area contributed by atoms with Crippen molar-refractivity contribution in [2.45, 2.75) is 219 Å². The van der Waals surface area contributed by atoms with Crippen molar-refractivity contribution in [3.05, 3.63) is 29.3 Å². The number of nitrogens with one attached hydrogen (secondary N) is 2. The number of hydrogen-bond acceptors (Lipinski definition) is 13. The number of aromatic hydroxyl groups is 1. The lowest BCUT2D eigenvalue weighted by Crippen LogP contribution is -2.51. The molecule has 0 radical (unpaired) electrons. The Balaban J connectivity index is 0.678. The predicted octanol–water partition coefficient (Wildman–Crippen LogP) is 11.1. The van der Waals surface area contributed by atoms with Crippen molar-refractivity contribution in [2.75, 3.05) is 25.7 Å². The first kappa shape index (κ1) is 58.1. The molecule has 76 heavy (non-hydrogen) atoms. The molecule has 13 atom stereocenters. The molecule has 3 saturated carbocycles. The van der Waals surface area contributed by atoms with Crippen LogP contribution in [0.4, 0.5) is 4.79 Å². The first-order chi connectivity index (χ1) is 36.0. The summed E-state index contributed by atoms with van der Waals surface area (Å²) in [6, 6.07) is 2.74. The molecule has 8 unspecified atom stereocenters. The summed E-state index contributed by atoms with van der Waals surface area (Å²) < 4.78 is 28.4. The van der Waals surface area contributed by atoms with Crippen LogP contribution in [0.2, 0.25) is 0 Å². The molecule has 5 fully saturated rings. The lowest BCUT2D eigenvalue weighted by molar-refractivity contribution is -0.154. The number of carbonyl (C=O) groups is 5. The summed E-state index contributed by atoms with van der Waals surface area (Å²) in [4.78, 5) is 66.5. The van der Waals surface area contributed by atoms with Crippen LogP contribution in [-0.4, -0.2) is 99.3 Å². The number of benzene rings is 1. The number of hydrogen-bond donors (Lipinski definition) is 4. The molecule has 1 aromatic carbocycles. The van der Waals surface area contributed by atoms with Gasteiger partial charge in [-0.3, -0.25) is 19.2 Å². The van der Waals surface area contributed by atoms with Gasteiger partial charge in [0.2, 0.25) is 24.5 Å². The quantitative estimate of drug-likeness (QED) is 0.0350. The van der Waals surface area contributed by atoms with Crippen LogP contribution in [-0.2, 0) is 33.4 Å². The molecule has 7 aliphatic rings. The fourth-order valence-electron chi connectivity index (χ4n) is 15.1. The number of ether oxygens (including phenoxy) is 5. The molecule has 2 saturated heterocycles. The summed E-state index contributed by atoms with van der Waals surface area (Å²) in [5.74, 6) is 4.85. The Bertz CT molecular complexity index is 2300. The summed E-state index contributed by atoms with van der Waals surface area (Å²) in [6.07, 6.45) is 17.2. The second-order valence-corrected chi connectivity index (χ2v) is 27.0. The number of carbonyl (C=O) groups excluding carboxylic acids is 5. The number of unbranched alkanes of at least 4 members (excludes halogenated alkanes) is 1. The zero-order valence-electron chi connectivity index (χ0n) is 47.2. The van der Waals surface area contributed by atoms with E-state index in [0.29, 0.717) is 60.0 Å². The monoisotopic (exact) mass is 1080 g/mol. The minimum Gasteiger partial charge on any atom is -0.507 e. The van der Waals surface area contributed by atoms with Crippen molar-refractivity contribution in [1.82, 2.24) is 15.5 Å². The van der Waals surface area contributed by atoms with Crippen LogP contribution >= 0.6 is 11.8 Å². The van der Waals surface area contributed by atoms with Gasteiger partial charge >= 0.3 is 12.1 Å². The molecule has 0 spiro atoms. The number of esters is 1. The Morgan fingerprint density at radius 2 is 1.66 bits per heavy atom. The van der Waals surface area contributed by atoms with Crippen LogP contribution in [0.1, 0.15) is 196 Å². The van der Waals surface area contributed by atoms with E-state index in [1.54, 1.807) is 24.8 Å². The van der Waals surface area contributed by atoms with Gasteiger partial charge in [0, 0.05) is 60.8 Å². The molecule has 0 bridgehead atoms. The molecule has 4 N–H and O–H groups in total. The van der Waals surface area contributed by atoms with Crippen LogP contribution in [0.25, 0.3) is 0 Å². The number of rotatable bonds is 23. The van der Waals surface area contributed by atoms with Gasteiger partial charge in [0.1, 0.15) is 18.0 Å². The summed E-state index contributed by atoms with van der Waals surface area (Å²) in [6.45, 7) is 19.4. The molecule has 424 valence electrons. The maximum absolute atomic E-state index is 13.3. The number of imide groups is 1. The van der Waals surface area contributed by atoms with E-state index in [9.17, 15) is 34.2 Å². The number of phenolic OH excluding ortho intramolecular Hbond substituents is 1. The number of phenols is 1. The summed E-state index contributed by atoms with van der Waals surface area (Å²) in [5.41, 5.74) is 0.0397. The molecule has 15 nitrogen and oxygen atoms in total. The van der Waals surface area contributed by atoms with Crippen LogP contribution < -0.4 is 20.1 Å². The van der Waals surface area contributed by atoms with E-state index >= 15 is 0 Å². The number of allylic oxidation sites excluding steroid dienone is 1. The highest BCUT2D eigenvalue weighted by Crippen LogP contribution is 2.67. The average Bonchev–Trinajstić information content (AvgIpc) is 4.14. The highest BCUT2D eigenvalue weighted by molar-refractivity contribution is 8.00. The van der Waals surface area contributed by atoms with Crippen molar-refractivity contribution in [3.63, 3.8) is 0 Å². The van der Waals surface area contributed by atoms with Crippen molar-refractivity contribution in [1.29, 1.82) is 0 Å². The molecule has 4 amide bonds. The highest BCUT2D eigenvalue weighted by atomic mass is 32.2. The van der Waals surface area contributed by atoms with Gasteiger partial charge in [-0.25, -0.2) is 9.69 Å². The van der Waals surface area contributed by atoms with E-state index in [2.05, 4.69) is 51.3 Å². The number of aliphatic hydroxyl groups is 1. The molecule has 4 aliphatic carbocycles. The first-order valence-corrected chi connectivity index (χ1v) is 30.1. The van der Waals surface area contributed by atoms with E-state index in [1.165, 1.54) is 68.4 Å². The van der Waals surface area contributed by atoms with Gasteiger partial charge < -0.3 is 44.5 Å². The second kappa shape index (κ2) is 24.1. The van der Waals surface area contributed by atoms with Gasteiger partial charge in [-0.05, 0) is 144 Å². The fourth-order valence-corrected chi connectivity index (χ4v) is 16.8. The minimum atomic E-state index is -1.67. The minimum absolute atomic E-state index is 0.00694. The third kappa shape index (κ3) is 13.3. The number of thioether (sulfide) groups is 1. The third-order valence-corrected chi connectivity index (χ3v) is 20.9. The lowest BCUT2D eigenvalue weighted by Gasteiger charge is -2.58. The lowest BCUT2D eigenvalue weighted by atomic mass is 9.47. The predicted molar refractivity (Wildman–Crippen MR) is 291 cm³/mol. The van der Waals surface area contributed by atoms with Crippen molar-refractivity contribution >= 4 is 41.5 Å². The van der Waals surface area contributed by atoms with Crippen LogP contribution in [0, 0.1) is 52.3 Å². The summed E-state index contributed by atoms with van der Waals surface area (Å²) in [5, 5.41) is 27.3. The number of nitrogens with zero attached hydrogens (tertiary/aromatic N) is 1. The molecular formula is C60H91N3O12S. The second-order valence-electron chi connectivity index (χ2n) is 25.7. The van der Waals surface area contributed by atoms with Gasteiger partial charge in [0.05, 0.1) is 24.7 Å². The number of fused-ring (bicyclic) bond motifs is 7. The Morgan fingerprint density at radius 1 is 0.895 bits per heavy atom. The van der Waals surface area contributed by atoms with Gasteiger partial charge in [-0.1, -0.05) is 72.0 Å². The fraction of sp³-hybridized carbons (Fsp3) is 0.783. The molecule has 8 rings (SSSR count). The normalized spacial score (nSPS) is 31.1. The smallest absolute Gasteiger partial charge is 0.417 e. The Morgan fingerprint density at radius 3 is 2.42 bits per heavy atom. The molecule has 3 aliphatic heterocycles. The standard InChI is InChI=1S/C60H91N3O12S/c1-36(2)13-12-14-37(3)44-19-20-45-41-18-17-39-29-40(23-25-58(39,7)46(41)24-26-59(44,45)8)75-55(68)22-21-53(66)62-60(9,70)34-73-57(5,6)27-28-61-52(65)16-11-10-15-51-43-31-54(67)63(47(43)33-76-51)56(69)74-38(4)42-30-49-50(32-48(42)64)72-35-71-49/h17,30,32,36-38,40-41,43-47,51,64,70H,10-16,18-29,31,33-35H2,1-9H3,(H,61,65)(H,62,66)/t37?,38?,40?,41?,43-,44?,45?,46?,47-,51-,58-,59+,60?/m0/s1. The zero-order chi connectivity index (χ0) is 54.7. The Labute approximate surface area is 456 Å². The maximum atomic E-state index is 13.3. The average molecular weight is 1080 g/mol. The number of amides is 4. The zero-order valence-corrected chi connectivity index (χ0v) is 48.0. The summed E-state index contributed by atoms with van der Waals surface area (Å²) >= 11 is 1.74. The Hall–Kier alpha value is -4.02. The van der Waals surface area contributed by atoms with Crippen LogP contribution in [0.15, 0.2) is 23.8 Å². The van der Waals surface area contributed by atoms with Gasteiger partial charge in [-0.15, -0.1) is 0 Å². The van der Waals surface area contributed by atoms with Crippen molar-refractivity contribution < 1.29 is 57.9 Å². The van der Waals surface area contributed by atoms with E-state index in [0.717, 1.165) is 68.1 Å². The third-order valence-electron chi connectivity index (χ3n) is 19.4. The largest absolute Gasteiger partial charge is 0.507 e. The topological polar surface area (TPSA) is 199 Å². The van der Waals surface area contributed by atoms with E-state index < -0.39 is 29.4 Å². The molecule has 1 aromatic rings. The van der Waals surface area contributed by atoms with E-state index in [-0.39, 0.29) is 84.9 Å². The molecule has 3 heterocycles. The highest BCUT2D eigenvalue weighted by Gasteiger charge is 2.59.